The molecule has 0 aliphatic carbocycles. The van der Waals surface area contributed by atoms with E-state index >= 15 is 0 Å². The maximum atomic E-state index is 5.74. The van der Waals surface area contributed by atoms with Crippen molar-refractivity contribution in [1.29, 1.82) is 0 Å². The monoisotopic (exact) mass is 230 g/mol. The number of hydrogen-bond acceptors (Lipinski definition) is 4. The van der Waals surface area contributed by atoms with E-state index in [1.54, 1.807) is 0 Å². The number of nitrogens with one attached hydrogen (secondary N) is 1. The van der Waals surface area contributed by atoms with Crippen molar-refractivity contribution in [1.82, 2.24) is 10.2 Å². The van der Waals surface area contributed by atoms with Gasteiger partial charge < -0.3 is 14.8 Å². The van der Waals surface area contributed by atoms with Crippen LogP contribution in [0.2, 0.25) is 0 Å². The second kappa shape index (κ2) is 7.22. The summed E-state index contributed by atoms with van der Waals surface area (Å²) in [6.45, 7) is 10.9. The second-order valence-electron chi connectivity index (χ2n) is 4.75. The van der Waals surface area contributed by atoms with Crippen molar-refractivity contribution in [3.63, 3.8) is 0 Å². The highest BCUT2D eigenvalue weighted by Crippen LogP contribution is 2.08. The van der Waals surface area contributed by atoms with Crippen LogP contribution in [0.5, 0.6) is 0 Å². The van der Waals surface area contributed by atoms with Crippen molar-refractivity contribution in [3.8, 4) is 0 Å². The standard InChI is InChI=1S/C12H26N2O2/c1-10(2)15-8-6-14(4)11(3)12-9-13-5-7-16-12/h10-13H,5-9H2,1-4H3. The molecule has 1 heterocycles. The van der Waals surface area contributed by atoms with Gasteiger partial charge in [0.1, 0.15) is 0 Å². The Bertz CT molecular complexity index is 182. The summed E-state index contributed by atoms with van der Waals surface area (Å²) < 4.78 is 11.3. The third kappa shape index (κ3) is 4.78. The van der Waals surface area contributed by atoms with Gasteiger partial charge in [-0.3, -0.25) is 4.90 Å². The van der Waals surface area contributed by atoms with Gasteiger partial charge in [0.15, 0.2) is 0 Å². The van der Waals surface area contributed by atoms with Crippen LogP contribution in [0.4, 0.5) is 0 Å². The largest absolute Gasteiger partial charge is 0.377 e. The molecule has 4 heteroatoms. The van der Waals surface area contributed by atoms with Crippen molar-refractivity contribution < 1.29 is 9.47 Å². The molecule has 0 bridgehead atoms. The minimum atomic E-state index is 0.304. The van der Waals surface area contributed by atoms with Crippen molar-refractivity contribution in [2.45, 2.75) is 39.0 Å². The summed E-state index contributed by atoms with van der Waals surface area (Å²) in [6.07, 6.45) is 0.620. The molecule has 16 heavy (non-hydrogen) atoms. The normalized spacial score (nSPS) is 24.0. The Morgan fingerprint density at radius 3 is 2.75 bits per heavy atom. The summed E-state index contributed by atoms with van der Waals surface area (Å²) in [4.78, 5) is 2.31. The van der Waals surface area contributed by atoms with Crippen molar-refractivity contribution in [3.05, 3.63) is 0 Å². The molecule has 0 aromatic rings. The van der Waals surface area contributed by atoms with Crippen LogP contribution in [0, 0.1) is 0 Å². The zero-order chi connectivity index (χ0) is 12.0. The third-order valence-electron chi connectivity index (χ3n) is 3.08. The van der Waals surface area contributed by atoms with Crippen molar-refractivity contribution in [2.24, 2.45) is 0 Å². The first-order valence-corrected chi connectivity index (χ1v) is 6.25. The number of morpholine rings is 1. The Hall–Kier alpha value is -0.160. The molecule has 0 spiro atoms. The van der Waals surface area contributed by atoms with E-state index in [9.17, 15) is 0 Å². The first kappa shape index (κ1) is 13.9. The maximum absolute atomic E-state index is 5.74. The molecule has 0 saturated carbocycles. The number of nitrogens with zero attached hydrogens (tertiary/aromatic N) is 1. The Labute approximate surface area is 99.3 Å². The second-order valence-corrected chi connectivity index (χ2v) is 4.75. The zero-order valence-corrected chi connectivity index (χ0v) is 11.0. The lowest BCUT2D eigenvalue weighted by molar-refractivity contribution is -0.0281. The lowest BCUT2D eigenvalue weighted by atomic mass is 10.1. The molecule has 0 aromatic carbocycles. The minimum Gasteiger partial charge on any atom is -0.377 e. The van der Waals surface area contributed by atoms with E-state index in [-0.39, 0.29) is 0 Å². The van der Waals surface area contributed by atoms with Crippen LogP contribution in [0.25, 0.3) is 0 Å². The Kier molecular flexibility index (Phi) is 6.28. The van der Waals surface area contributed by atoms with E-state index in [1.165, 1.54) is 0 Å². The van der Waals surface area contributed by atoms with E-state index in [2.05, 4.69) is 38.0 Å². The SMILES string of the molecule is CC(C)OCCN(C)C(C)C1CNCCO1. The Morgan fingerprint density at radius 2 is 2.19 bits per heavy atom. The predicted molar refractivity (Wildman–Crippen MR) is 65.8 cm³/mol. The molecule has 1 rings (SSSR count). The van der Waals surface area contributed by atoms with E-state index in [1.807, 2.05) is 0 Å². The van der Waals surface area contributed by atoms with Crippen LogP contribution < -0.4 is 5.32 Å². The molecule has 96 valence electrons. The van der Waals surface area contributed by atoms with E-state index in [0.29, 0.717) is 18.2 Å². The van der Waals surface area contributed by atoms with Gasteiger partial charge in [0.25, 0.3) is 0 Å². The highest BCUT2D eigenvalue weighted by molar-refractivity contribution is 4.78. The molecule has 0 amide bonds. The van der Waals surface area contributed by atoms with Crippen LogP contribution in [0.1, 0.15) is 20.8 Å². The van der Waals surface area contributed by atoms with Gasteiger partial charge in [0, 0.05) is 25.7 Å². The number of rotatable bonds is 6. The average molecular weight is 230 g/mol. The lowest BCUT2D eigenvalue weighted by Gasteiger charge is -2.34. The first-order valence-electron chi connectivity index (χ1n) is 6.25. The van der Waals surface area contributed by atoms with Gasteiger partial charge in [-0.2, -0.15) is 0 Å². The molecule has 2 unspecified atom stereocenters. The molecular weight excluding hydrogens is 204 g/mol. The van der Waals surface area contributed by atoms with Crippen LogP contribution in [-0.2, 0) is 9.47 Å². The molecule has 1 aliphatic heterocycles. The summed E-state index contributed by atoms with van der Waals surface area (Å²) in [7, 11) is 2.13. The van der Waals surface area contributed by atoms with Gasteiger partial charge in [-0.05, 0) is 27.8 Å². The zero-order valence-electron chi connectivity index (χ0n) is 11.0. The average Bonchev–Trinajstić information content (AvgIpc) is 2.28. The fraction of sp³-hybridized carbons (Fsp3) is 1.00. The summed E-state index contributed by atoms with van der Waals surface area (Å²) in [5, 5.41) is 3.36. The van der Waals surface area contributed by atoms with Crippen LogP contribution in [0.3, 0.4) is 0 Å². The molecular formula is C12H26N2O2. The van der Waals surface area contributed by atoms with Gasteiger partial charge in [-0.25, -0.2) is 0 Å². The number of hydrogen-bond donors (Lipinski definition) is 1. The van der Waals surface area contributed by atoms with E-state index < -0.39 is 0 Å². The molecule has 2 atom stereocenters. The highest BCUT2D eigenvalue weighted by Gasteiger charge is 2.23. The first-order chi connectivity index (χ1) is 7.61. The lowest BCUT2D eigenvalue weighted by Crippen LogP contribution is -2.50. The summed E-state index contributed by atoms with van der Waals surface area (Å²) in [5.74, 6) is 0. The summed E-state index contributed by atoms with van der Waals surface area (Å²) >= 11 is 0. The van der Waals surface area contributed by atoms with E-state index in [4.69, 9.17) is 9.47 Å². The van der Waals surface area contributed by atoms with Crippen molar-refractivity contribution in [2.75, 3.05) is 39.9 Å². The number of likely N-dealkylation sites (N-methyl/N-ethyl adjacent to an activating group) is 1. The highest BCUT2D eigenvalue weighted by atomic mass is 16.5. The maximum Gasteiger partial charge on any atom is 0.0852 e. The number of ether oxygens (including phenoxy) is 2. The molecule has 0 aromatic heterocycles. The van der Waals surface area contributed by atoms with Crippen LogP contribution in [0.15, 0.2) is 0 Å². The molecule has 4 nitrogen and oxygen atoms in total. The molecule has 1 saturated heterocycles. The molecule has 0 radical (unpaired) electrons. The Balaban J connectivity index is 2.20. The fourth-order valence-electron chi connectivity index (χ4n) is 1.82. The predicted octanol–water partition coefficient (Wildman–Crippen LogP) is 0.720. The Morgan fingerprint density at radius 1 is 1.44 bits per heavy atom. The smallest absolute Gasteiger partial charge is 0.0852 e. The van der Waals surface area contributed by atoms with Gasteiger partial charge >= 0.3 is 0 Å². The van der Waals surface area contributed by atoms with Crippen LogP contribution in [-0.4, -0.2) is 63.0 Å². The molecule has 1 N–H and O–H groups in total. The quantitative estimate of drug-likeness (QED) is 0.729. The van der Waals surface area contributed by atoms with Crippen molar-refractivity contribution >= 4 is 0 Å². The van der Waals surface area contributed by atoms with Gasteiger partial charge in [0.2, 0.25) is 0 Å². The minimum absolute atomic E-state index is 0.304. The molecule has 1 fully saturated rings. The van der Waals surface area contributed by atoms with Crippen LogP contribution >= 0.6 is 0 Å². The topological polar surface area (TPSA) is 33.7 Å². The summed E-state index contributed by atoms with van der Waals surface area (Å²) in [5.41, 5.74) is 0. The van der Waals surface area contributed by atoms with E-state index in [0.717, 1.165) is 32.8 Å². The van der Waals surface area contributed by atoms with Gasteiger partial charge in [-0.1, -0.05) is 0 Å². The summed E-state index contributed by atoms with van der Waals surface area (Å²) in [6, 6.07) is 0.434. The van der Waals surface area contributed by atoms with Gasteiger partial charge in [-0.15, -0.1) is 0 Å². The fourth-order valence-corrected chi connectivity index (χ4v) is 1.82. The van der Waals surface area contributed by atoms with Gasteiger partial charge in [0.05, 0.1) is 25.4 Å². The molecule has 1 aliphatic rings. The third-order valence-corrected chi connectivity index (χ3v) is 3.08.